The zero-order valence-electron chi connectivity index (χ0n) is 15.9. The molecule has 2 fully saturated rings. The molecule has 4 nitrogen and oxygen atoms in total. The third-order valence-corrected chi connectivity index (χ3v) is 4.90. The number of ether oxygens (including phenoxy) is 2. The molecule has 0 N–H and O–H groups in total. The number of carbonyl (C=O) groups excluding carboxylic acids is 2. The number of alkyl halides is 16. The molecule has 0 heterocycles. The van der Waals surface area contributed by atoms with Gasteiger partial charge in [-0.3, -0.25) is 0 Å². The van der Waals surface area contributed by atoms with Gasteiger partial charge in [-0.1, -0.05) is 0 Å². The second kappa shape index (κ2) is 7.30. The zero-order chi connectivity index (χ0) is 28.0. The quantitative estimate of drug-likeness (QED) is 0.283. The lowest BCUT2D eigenvalue weighted by Crippen LogP contribution is -2.51. The Balaban J connectivity index is 2.30. The van der Waals surface area contributed by atoms with Gasteiger partial charge in [-0.25, -0.2) is 9.59 Å². The summed E-state index contributed by atoms with van der Waals surface area (Å²) in [5.74, 6) is -58.5. The van der Waals surface area contributed by atoms with E-state index in [4.69, 9.17) is 0 Å². The van der Waals surface area contributed by atoms with Gasteiger partial charge in [0, 0.05) is 11.6 Å². The summed E-state index contributed by atoms with van der Waals surface area (Å²) >= 11 is 0. The molecule has 2 rings (SSSR count). The van der Waals surface area contributed by atoms with Crippen molar-refractivity contribution in [3.05, 3.63) is 11.6 Å². The number of esters is 2. The fourth-order valence-corrected chi connectivity index (χ4v) is 2.83. The molecule has 35 heavy (non-hydrogen) atoms. The van der Waals surface area contributed by atoms with Crippen molar-refractivity contribution < 1.29 is 89.3 Å². The summed E-state index contributed by atoms with van der Waals surface area (Å²) in [6.45, 7) is 0.110. The van der Waals surface area contributed by atoms with E-state index in [-0.39, 0.29) is 6.92 Å². The number of rotatable bonds is 4. The van der Waals surface area contributed by atoms with Gasteiger partial charge >= 0.3 is 59.3 Å². The van der Waals surface area contributed by atoms with E-state index in [2.05, 4.69) is 9.47 Å². The van der Waals surface area contributed by atoms with Crippen molar-refractivity contribution in [2.75, 3.05) is 0 Å². The Morgan fingerprint density at radius 2 is 0.800 bits per heavy atom. The van der Waals surface area contributed by atoms with Crippen LogP contribution >= 0.6 is 0 Å². The van der Waals surface area contributed by atoms with Crippen LogP contribution in [0.25, 0.3) is 0 Å². The molecule has 0 aromatic rings. The van der Waals surface area contributed by atoms with E-state index in [1.165, 1.54) is 0 Å². The fraction of sp³-hybridized carbons (Fsp3) is 0.733. The lowest BCUT2D eigenvalue weighted by Gasteiger charge is -2.24. The average Bonchev–Trinajstić information content (AvgIpc) is 2.78. The minimum absolute atomic E-state index is 0.110. The molecule has 0 saturated heterocycles. The molecule has 0 amide bonds. The van der Waals surface area contributed by atoms with E-state index in [0.29, 0.717) is 0 Å². The van der Waals surface area contributed by atoms with Crippen LogP contribution in [-0.2, 0) is 19.1 Å². The number of halogens is 16. The van der Waals surface area contributed by atoms with Crippen molar-refractivity contribution in [2.24, 2.45) is 0 Å². The summed E-state index contributed by atoms with van der Waals surface area (Å²) in [7, 11) is 0. The highest BCUT2D eigenvalue weighted by molar-refractivity contribution is 5.96. The minimum atomic E-state index is -6.79. The Morgan fingerprint density at radius 1 is 0.543 bits per heavy atom. The van der Waals surface area contributed by atoms with Gasteiger partial charge in [0.05, 0.1) is 0 Å². The first-order valence-corrected chi connectivity index (χ1v) is 8.29. The molecule has 0 spiro atoms. The summed E-state index contributed by atoms with van der Waals surface area (Å²) in [5, 5.41) is 0. The van der Waals surface area contributed by atoms with Gasteiger partial charge < -0.3 is 9.47 Å². The second-order valence-electron chi connectivity index (χ2n) is 7.22. The Hall–Kier alpha value is -2.44. The molecule has 202 valence electrons. The molecule has 2 aliphatic carbocycles. The van der Waals surface area contributed by atoms with Gasteiger partial charge in [0.2, 0.25) is 12.2 Å². The Bertz CT molecular complexity index is 901. The van der Waals surface area contributed by atoms with E-state index < -0.39 is 83.2 Å². The van der Waals surface area contributed by atoms with Gasteiger partial charge in [0.1, 0.15) is 0 Å². The summed E-state index contributed by atoms with van der Waals surface area (Å²) in [6, 6.07) is 0. The molecule has 2 saturated carbocycles. The Kier molecular flexibility index (Phi) is 6.00. The topological polar surface area (TPSA) is 52.6 Å². The Morgan fingerprint density at radius 3 is 1.09 bits per heavy atom. The molecule has 2 aliphatic rings. The maximum absolute atomic E-state index is 13.4. The molecule has 0 bridgehead atoms. The smallest absolute Gasteiger partial charge is 0.382 e. The van der Waals surface area contributed by atoms with Crippen molar-refractivity contribution in [3.8, 4) is 0 Å². The van der Waals surface area contributed by atoms with Crippen LogP contribution in [0.1, 0.15) is 6.92 Å². The van der Waals surface area contributed by atoms with Crippen molar-refractivity contribution in [1.29, 1.82) is 0 Å². The highest BCUT2D eigenvalue weighted by atomic mass is 19.4. The van der Waals surface area contributed by atoms with Crippen molar-refractivity contribution in [3.63, 3.8) is 0 Å². The van der Waals surface area contributed by atoms with Crippen molar-refractivity contribution in [1.82, 2.24) is 0 Å². The van der Waals surface area contributed by atoms with Crippen LogP contribution in [0.5, 0.6) is 0 Å². The maximum Gasteiger partial charge on any atom is 0.382 e. The van der Waals surface area contributed by atoms with E-state index in [1.54, 1.807) is 0 Å². The Labute approximate surface area is 180 Å². The van der Waals surface area contributed by atoms with Crippen LogP contribution in [0, 0.1) is 0 Å². The highest BCUT2D eigenvalue weighted by Gasteiger charge is 2.96. The first-order chi connectivity index (χ1) is 15.2. The molecule has 20 heteroatoms. The monoisotopic (exact) mass is 554 g/mol. The molecule has 0 unspecified atom stereocenters. The largest absolute Gasteiger partial charge is 0.446 e. The summed E-state index contributed by atoms with van der Waals surface area (Å²) in [6.07, 6.45) is -10.5. The highest BCUT2D eigenvalue weighted by Crippen LogP contribution is 2.65. The normalized spacial score (nSPS) is 29.6. The number of hydrogen-bond acceptors (Lipinski definition) is 4. The van der Waals surface area contributed by atoms with Crippen LogP contribution in [0.3, 0.4) is 0 Å². The first kappa shape index (κ1) is 28.8. The minimum Gasteiger partial charge on any atom is -0.446 e. The summed E-state index contributed by atoms with van der Waals surface area (Å²) in [4.78, 5) is 22.9. The number of carbonyl (C=O) groups is 2. The van der Waals surface area contributed by atoms with Gasteiger partial charge in [-0.2, -0.15) is 70.2 Å². The van der Waals surface area contributed by atoms with Crippen molar-refractivity contribution in [2.45, 2.75) is 66.5 Å². The van der Waals surface area contributed by atoms with Gasteiger partial charge in [-0.05, 0) is 6.92 Å². The van der Waals surface area contributed by atoms with E-state index in [1.807, 2.05) is 0 Å². The van der Waals surface area contributed by atoms with Gasteiger partial charge in [0.15, 0.2) is 0 Å². The molecule has 0 aliphatic heterocycles. The van der Waals surface area contributed by atoms with Gasteiger partial charge in [0.25, 0.3) is 0 Å². The van der Waals surface area contributed by atoms with E-state index in [9.17, 15) is 79.8 Å². The summed E-state index contributed by atoms with van der Waals surface area (Å²) in [5.41, 5.74) is -1.75. The first-order valence-electron chi connectivity index (χ1n) is 8.29. The third-order valence-electron chi connectivity index (χ3n) is 4.90. The van der Waals surface area contributed by atoms with Crippen LogP contribution in [0.4, 0.5) is 70.2 Å². The standard InChI is InChI=1S/C15H6F16O4/c1-3(5(33)35-7-10(20,21)14(28,29)15(30,31)11(7,22)23)2-4(32)34-6-8(16,17)12(24,25)13(26,27)9(6,18)19/h2,6-7H,1H3/b3-2+. The van der Waals surface area contributed by atoms with Crippen LogP contribution in [0.2, 0.25) is 0 Å². The third kappa shape index (κ3) is 3.29. The SMILES string of the molecule is C/C(=C\C(=O)OC1C(F)(F)C(F)(F)C(F)(F)C1(F)F)C(=O)OC1C(F)(F)C(F)(F)C(F)(F)C1(F)F. The van der Waals surface area contributed by atoms with Crippen LogP contribution in [0.15, 0.2) is 11.6 Å². The predicted octanol–water partition coefficient (Wildman–Crippen LogP) is 4.87. The lowest BCUT2D eigenvalue weighted by atomic mass is 10.2. The molecular weight excluding hydrogens is 548 g/mol. The second-order valence-corrected chi connectivity index (χ2v) is 7.22. The van der Waals surface area contributed by atoms with Crippen LogP contribution in [-0.4, -0.2) is 71.5 Å². The summed E-state index contributed by atoms with van der Waals surface area (Å²) < 4.78 is 218. The number of hydrogen-bond donors (Lipinski definition) is 0. The van der Waals surface area contributed by atoms with Gasteiger partial charge in [-0.15, -0.1) is 0 Å². The zero-order valence-corrected chi connectivity index (χ0v) is 15.9. The molecular formula is C15H6F16O4. The molecule has 0 aromatic heterocycles. The van der Waals surface area contributed by atoms with Crippen LogP contribution < -0.4 is 0 Å². The van der Waals surface area contributed by atoms with Crippen molar-refractivity contribution >= 4 is 11.9 Å². The average molecular weight is 554 g/mol. The fourth-order valence-electron chi connectivity index (χ4n) is 2.83. The lowest BCUT2D eigenvalue weighted by molar-refractivity contribution is -0.303. The molecule has 0 radical (unpaired) electrons. The van der Waals surface area contributed by atoms with E-state index in [0.717, 1.165) is 0 Å². The van der Waals surface area contributed by atoms with E-state index >= 15 is 0 Å². The predicted molar refractivity (Wildman–Crippen MR) is 73.1 cm³/mol. The molecule has 0 atom stereocenters. The maximum atomic E-state index is 13.4. The molecule has 0 aromatic carbocycles.